The highest BCUT2D eigenvalue weighted by Gasteiger charge is 2.29. The van der Waals surface area contributed by atoms with Crippen LogP contribution in [0.15, 0.2) is 10.6 Å². The lowest BCUT2D eigenvalue weighted by molar-refractivity contribution is 0.167. The van der Waals surface area contributed by atoms with Crippen LogP contribution in [0, 0.1) is 5.92 Å². The molecule has 0 N–H and O–H groups in total. The van der Waals surface area contributed by atoms with Gasteiger partial charge in [0.1, 0.15) is 5.76 Å². The predicted molar refractivity (Wildman–Crippen MR) is 85.8 cm³/mol. The van der Waals surface area contributed by atoms with Crippen molar-refractivity contribution < 1.29 is 9.15 Å². The van der Waals surface area contributed by atoms with Gasteiger partial charge in [0.2, 0.25) is 5.89 Å². The number of hydrogen-bond acceptors (Lipinski definition) is 5. The van der Waals surface area contributed by atoms with E-state index in [1.807, 2.05) is 6.20 Å². The fourth-order valence-corrected chi connectivity index (χ4v) is 3.44. The van der Waals surface area contributed by atoms with Gasteiger partial charge in [-0.25, -0.2) is 4.98 Å². The third-order valence-corrected chi connectivity index (χ3v) is 4.94. The van der Waals surface area contributed by atoms with Crippen LogP contribution in [0.25, 0.3) is 0 Å². The zero-order chi connectivity index (χ0) is 15.5. The summed E-state index contributed by atoms with van der Waals surface area (Å²) in [5.74, 6) is 2.97. The fourth-order valence-electron chi connectivity index (χ4n) is 3.44. The second-order valence-corrected chi connectivity index (χ2v) is 7.16. The van der Waals surface area contributed by atoms with E-state index in [0.717, 1.165) is 43.9 Å². The first kappa shape index (κ1) is 16.0. The maximum absolute atomic E-state index is 5.83. The van der Waals surface area contributed by atoms with Gasteiger partial charge in [-0.1, -0.05) is 13.8 Å². The number of oxazole rings is 1. The molecule has 2 aliphatic heterocycles. The molecule has 0 amide bonds. The topological polar surface area (TPSA) is 41.7 Å². The molecule has 124 valence electrons. The van der Waals surface area contributed by atoms with Crippen LogP contribution in [0.2, 0.25) is 0 Å². The van der Waals surface area contributed by atoms with Gasteiger partial charge in [0.15, 0.2) is 0 Å². The number of likely N-dealkylation sites (tertiary alicyclic amines) is 1. The average molecular weight is 307 g/mol. The van der Waals surface area contributed by atoms with E-state index in [2.05, 4.69) is 35.7 Å². The number of ether oxygens (including phenoxy) is 1. The molecule has 1 aromatic heterocycles. The highest BCUT2D eigenvalue weighted by atomic mass is 16.5. The Morgan fingerprint density at radius 1 is 1.41 bits per heavy atom. The maximum atomic E-state index is 5.83. The van der Waals surface area contributed by atoms with E-state index in [9.17, 15) is 0 Å². The lowest BCUT2D eigenvalue weighted by Crippen LogP contribution is -2.35. The van der Waals surface area contributed by atoms with Gasteiger partial charge in [-0.2, -0.15) is 0 Å². The Hall–Kier alpha value is -0.910. The number of hydrogen-bond donors (Lipinski definition) is 0. The van der Waals surface area contributed by atoms with Crippen LogP contribution in [0.5, 0.6) is 0 Å². The first-order valence-electron chi connectivity index (χ1n) is 8.56. The summed E-state index contributed by atoms with van der Waals surface area (Å²) in [6.45, 7) is 10.5. The van der Waals surface area contributed by atoms with E-state index < -0.39 is 0 Å². The van der Waals surface area contributed by atoms with Crippen LogP contribution < -0.4 is 0 Å². The van der Waals surface area contributed by atoms with Crippen molar-refractivity contribution in [1.82, 2.24) is 14.8 Å². The molecule has 0 aliphatic carbocycles. The van der Waals surface area contributed by atoms with Crippen LogP contribution in [0.4, 0.5) is 0 Å². The van der Waals surface area contributed by atoms with E-state index in [4.69, 9.17) is 9.15 Å². The molecule has 2 fully saturated rings. The Morgan fingerprint density at radius 3 is 2.95 bits per heavy atom. The molecule has 0 unspecified atom stereocenters. The van der Waals surface area contributed by atoms with E-state index in [-0.39, 0.29) is 0 Å². The van der Waals surface area contributed by atoms with Crippen LogP contribution in [0.3, 0.4) is 0 Å². The Bertz CT molecular complexity index is 468. The number of rotatable bonds is 6. The molecule has 0 radical (unpaired) electrons. The van der Waals surface area contributed by atoms with E-state index in [0.29, 0.717) is 12.0 Å². The van der Waals surface area contributed by atoms with E-state index in [1.165, 1.54) is 25.9 Å². The van der Waals surface area contributed by atoms with Gasteiger partial charge in [-0.15, -0.1) is 0 Å². The number of aromatic nitrogens is 1. The molecular weight excluding hydrogens is 278 g/mol. The monoisotopic (exact) mass is 307 g/mol. The summed E-state index contributed by atoms with van der Waals surface area (Å²) in [7, 11) is 2.19. The van der Waals surface area contributed by atoms with Crippen LogP contribution in [0.1, 0.15) is 44.3 Å². The maximum Gasteiger partial charge on any atom is 0.208 e. The molecule has 0 spiro atoms. The van der Waals surface area contributed by atoms with Crippen LogP contribution in [-0.2, 0) is 11.3 Å². The summed E-state index contributed by atoms with van der Waals surface area (Å²) in [5, 5.41) is 0. The van der Waals surface area contributed by atoms with Crippen molar-refractivity contribution in [3.05, 3.63) is 17.8 Å². The molecule has 5 heteroatoms. The van der Waals surface area contributed by atoms with Gasteiger partial charge in [0.05, 0.1) is 19.3 Å². The molecule has 2 atom stereocenters. The average Bonchev–Trinajstić information content (AvgIpc) is 3.19. The van der Waals surface area contributed by atoms with Crippen LogP contribution >= 0.6 is 0 Å². The Labute approximate surface area is 133 Å². The third kappa shape index (κ3) is 3.89. The van der Waals surface area contributed by atoms with E-state index >= 15 is 0 Å². The van der Waals surface area contributed by atoms with Gasteiger partial charge < -0.3 is 14.1 Å². The van der Waals surface area contributed by atoms with Crippen molar-refractivity contribution >= 4 is 0 Å². The highest BCUT2D eigenvalue weighted by molar-refractivity contribution is 4.99. The van der Waals surface area contributed by atoms with Gasteiger partial charge in [-0.05, 0) is 32.4 Å². The standard InChI is InChI=1S/C17H29N3O2/c1-13(2)16-8-18-17(22-16)11-19(3)15-4-6-20(10-15)9-14-5-7-21-12-14/h8,13-15H,4-7,9-12H2,1-3H3/t14-,15+/m1/s1. The Balaban J connectivity index is 1.47. The van der Waals surface area contributed by atoms with Crippen molar-refractivity contribution in [1.29, 1.82) is 0 Å². The summed E-state index contributed by atoms with van der Waals surface area (Å²) in [6.07, 6.45) is 4.34. The SMILES string of the molecule is CC(C)c1cnc(CN(C)[C@H]2CCN(C[C@H]3CCOC3)C2)o1. The molecule has 5 nitrogen and oxygen atoms in total. The minimum absolute atomic E-state index is 0.405. The first-order valence-corrected chi connectivity index (χ1v) is 8.56. The molecule has 3 heterocycles. The Kier molecular flexibility index (Phi) is 5.16. The van der Waals surface area contributed by atoms with Gasteiger partial charge in [0, 0.05) is 31.7 Å². The largest absolute Gasteiger partial charge is 0.444 e. The molecule has 0 bridgehead atoms. The normalized spacial score (nSPS) is 26.6. The predicted octanol–water partition coefficient (Wildman–Crippen LogP) is 2.34. The molecule has 0 saturated carbocycles. The van der Waals surface area contributed by atoms with Crippen molar-refractivity contribution in [3.63, 3.8) is 0 Å². The molecule has 2 aliphatic rings. The number of nitrogens with zero attached hydrogens (tertiary/aromatic N) is 3. The first-order chi connectivity index (χ1) is 10.6. The smallest absolute Gasteiger partial charge is 0.208 e. The third-order valence-electron chi connectivity index (χ3n) is 4.94. The summed E-state index contributed by atoms with van der Waals surface area (Å²) in [6, 6.07) is 0.608. The van der Waals surface area contributed by atoms with Crippen molar-refractivity contribution in [2.45, 2.75) is 45.2 Å². The minimum Gasteiger partial charge on any atom is -0.444 e. The highest BCUT2D eigenvalue weighted by Crippen LogP contribution is 2.21. The van der Waals surface area contributed by atoms with Crippen molar-refractivity contribution in [3.8, 4) is 0 Å². The summed E-state index contributed by atoms with van der Waals surface area (Å²) < 4.78 is 11.3. The van der Waals surface area contributed by atoms with Gasteiger partial charge in [0.25, 0.3) is 0 Å². The summed E-state index contributed by atoms with van der Waals surface area (Å²) in [4.78, 5) is 9.40. The zero-order valence-electron chi connectivity index (χ0n) is 14.1. The molecule has 1 aromatic rings. The number of likely N-dealkylation sites (N-methyl/N-ethyl adjacent to an activating group) is 1. The van der Waals surface area contributed by atoms with Crippen molar-refractivity contribution in [2.24, 2.45) is 5.92 Å². The van der Waals surface area contributed by atoms with Crippen molar-refractivity contribution in [2.75, 3.05) is 39.9 Å². The van der Waals surface area contributed by atoms with Gasteiger partial charge in [-0.3, -0.25) is 4.90 Å². The minimum atomic E-state index is 0.405. The quantitative estimate of drug-likeness (QED) is 0.807. The van der Waals surface area contributed by atoms with Gasteiger partial charge >= 0.3 is 0 Å². The fraction of sp³-hybridized carbons (Fsp3) is 0.824. The summed E-state index contributed by atoms with van der Waals surface area (Å²) in [5.41, 5.74) is 0. The van der Waals surface area contributed by atoms with Crippen LogP contribution in [-0.4, -0.2) is 60.7 Å². The van der Waals surface area contributed by atoms with E-state index in [1.54, 1.807) is 0 Å². The lowest BCUT2D eigenvalue weighted by atomic mass is 10.1. The zero-order valence-corrected chi connectivity index (χ0v) is 14.1. The molecule has 2 saturated heterocycles. The molecule has 3 rings (SSSR count). The Morgan fingerprint density at radius 2 is 2.27 bits per heavy atom. The molecular formula is C17H29N3O2. The molecule has 22 heavy (non-hydrogen) atoms. The summed E-state index contributed by atoms with van der Waals surface area (Å²) >= 11 is 0. The second kappa shape index (κ2) is 7.11. The second-order valence-electron chi connectivity index (χ2n) is 7.16. The lowest BCUT2D eigenvalue weighted by Gasteiger charge is -2.24. The molecule has 0 aromatic carbocycles.